The highest BCUT2D eigenvalue weighted by molar-refractivity contribution is 7.14. The molecule has 4 rings (SSSR count). The minimum absolute atomic E-state index is 0.00416. The van der Waals surface area contributed by atoms with Crippen molar-refractivity contribution in [3.8, 4) is 0 Å². The van der Waals surface area contributed by atoms with Crippen LogP contribution in [0.2, 0.25) is 0 Å². The van der Waals surface area contributed by atoms with Crippen molar-refractivity contribution >= 4 is 33.4 Å². The lowest BCUT2D eigenvalue weighted by atomic mass is 9.96. The number of thiophene rings is 1. The Hall–Kier alpha value is -2.34. The zero-order chi connectivity index (χ0) is 15.6. The van der Waals surface area contributed by atoms with Gasteiger partial charge in [-0.05, 0) is 42.5 Å². The van der Waals surface area contributed by atoms with Crippen LogP contribution in [0.25, 0.3) is 11.0 Å². The average Bonchev–Trinajstić information content (AvgIpc) is 3.24. The normalized spacial score (nSPS) is 15.9. The first kappa shape index (κ1) is 14.3. The van der Waals surface area contributed by atoms with Gasteiger partial charge in [0.15, 0.2) is 0 Å². The Bertz CT molecular complexity index is 770. The number of aromatic amines is 1. The van der Waals surface area contributed by atoms with Gasteiger partial charge in [0.05, 0.1) is 16.0 Å². The van der Waals surface area contributed by atoms with Crippen molar-refractivity contribution in [2.24, 2.45) is 0 Å². The summed E-state index contributed by atoms with van der Waals surface area (Å²) in [6.45, 7) is 1.53. The second-order valence-electron chi connectivity index (χ2n) is 5.81. The van der Waals surface area contributed by atoms with Gasteiger partial charge in [-0.3, -0.25) is 5.32 Å². The molecule has 1 aliphatic rings. The summed E-state index contributed by atoms with van der Waals surface area (Å²) >= 11 is 1.54. The molecule has 5 nitrogen and oxygen atoms in total. The fourth-order valence-corrected chi connectivity index (χ4v) is 3.66. The lowest BCUT2D eigenvalue weighted by Crippen LogP contribution is -2.40. The van der Waals surface area contributed by atoms with Crippen molar-refractivity contribution in [3.63, 3.8) is 0 Å². The van der Waals surface area contributed by atoms with Crippen LogP contribution in [0.4, 0.5) is 9.80 Å². The molecule has 1 aromatic carbocycles. The van der Waals surface area contributed by atoms with Gasteiger partial charge in [-0.1, -0.05) is 12.1 Å². The number of aromatic nitrogens is 2. The Morgan fingerprint density at radius 1 is 1.22 bits per heavy atom. The number of hydrogen-bond acceptors (Lipinski definition) is 3. The molecule has 0 atom stereocenters. The number of likely N-dealkylation sites (tertiary alicyclic amines) is 1. The Morgan fingerprint density at radius 3 is 2.78 bits per heavy atom. The molecule has 2 aromatic heterocycles. The lowest BCUT2D eigenvalue weighted by molar-refractivity contribution is 0.193. The second kappa shape index (κ2) is 6.04. The van der Waals surface area contributed by atoms with Gasteiger partial charge in [-0.15, -0.1) is 11.3 Å². The van der Waals surface area contributed by atoms with Crippen LogP contribution in [-0.4, -0.2) is 34.0 Å². The van der Waals surface area contributed by atoms with Gasteiger partial charge in [0.2, 0.25) is 0 Å². The van der Waals surface area contributed by atoms with Crippen LogP contribution in [0.5, 0.6) is 0 Å². The summed E-state index contributed by atoms with van der Waals surface area (Å²) in [6.07, 6.45) is 1.88. The maximum absolute atomic E-state index is 12.2. The zero-order valence-corrected chi connectivity index (χ0v) is 13.5. The molecule has 0 unspecified atom stereocenters. The Morgan fingerprint density at radius 2 is 2.04 bits per heavy atom. The first-order valence-corrected chi connectivity index (χ1v) is 8.71. The lowest BCUT2D eigenvalue weighted by Gasteiger charge is -2.31. The van der Waals surface area contributed by atoms with Gasteiger partial charge in [-0.2, -0.15) is 0 Å². The number of H-pyrrole nitrogens is 1. The molecule has 0 bridgehead atoms. The van der Waals surface area contributed by atoms with E-state index >= 15 is 0 Å². The zero-order valence-electron chi connectivity index (χ0n) is 12.7. The molecule has 2 N–H and O–H groups in total. The van der Waals surface area contributed by atoms with Crippen LogP contribution in [0, 0.1) is 0 Å². The SMILES string of the molecule is O=C(Nc1cccs1)N1CCC(c2nc3ccccc3[nH]2)CC1. The number of anilines is 1. The fraction of sp³-hybridized carbons (Fsp3) is 0.294. The van der Waals surface area contributed by atoms with E-state index in [1.807, 2.05) is 40.6 Å². The molecule has 0 spiro atoms. The van der Waals surface area contributed by atoms with Crippen molar-refractivity contribution in [2.45, 2.75) is 18.8 Å². The average molecular weight is 326 g/mol. The number of benzene rings is 1. The van der Waals surface area contributed by atoms with E-state index in [1.165, 1.54) is 0 Å². The minimum Gasteiger partial charge on any atom is -0.342 e. The van der Waals surface area contributed by atoms with Gasteiger partial charge >= 0.3 is 6.03 Å². The maximum Gasteiger partial charge on any atom is 0.322 e. The van der Waals surface area contributed by atoms with Crippen LogP contribution < -0.4 is 5.32 Å². The number of urea groups is 1. The van der Waals surface area contributed by atoms with E-state index in [2.05, 4.69) is 16.4 Å². The number of carbonyl (C=O) groups excluding carboxylic acids is 1. The number of piperidine rings is 1. The predicted octanol–water partition coefficient (Wildman–Crippen LogP) is 4.04. The number of imidazole rings is 1. The summed E-state index contributed by atoms with van der Waals surface area (Å²) in [5.41, 5.74) is 2.10. The Balaban J connectivity index is 1.39. The van der Waals surface area contributed by atoms with Crippen LogP contribution in [0.3, 0.4) is 0 Å². The molecule has 3 heterocycles. The molecular formula is C17H18N4OS. The third-order valence-corrected chi connectivity index (χ3v) is 5.11. The van der Waals surface area contributed by atoms with Gasteiger partial charge in [0, 0.05) is 19.0 Å². The molecule has 1 saturated heterocycles. The molecule has 0 saturated carbocycles. The summed E-state index contributed by atoms with van der Waals surface area (Å²) in [5, 5.41) is 5.81. The van der Waals surface area contributed by atoms with Crippen LogP contribution in [-0.2, 0) is 0 Å². The Labute approximate surface area is 138 Å². The highest BCUT2D eigenvalue weighted by atomic mass is 32.1. The second-order valence-corrected chi connectivity index (χ2v) is 6.76. The van der Waals surface area contributed by atoms with E-state index in [4.69, 9.17) is 4.98 Å². The third-order valence-electron chi connectivity index (χ3n) is 4.33. The van der Waals surface area contributed by atoms with E-state index in [0.717, 1.165) is 47.8 Å². The summed E-state index contributed by atoms with van der Waals surface area (Å²) in [6, 6.07) is 12.0. The summed E-state index contributed by atoms with van der Waals surface area (Å²) < 4.78 is 0. The van der Waals surface area contributed by atoms with Crippen molar-refractivity contribution in [3.05, 3.63) is 47.6 Å². The monoisotopic (exact) mass is 326 g/mol. The number of carbonyl (C=O) groups is 1. The molecule has 118 valence electrons. The van der Waals surface area contributed by atoms with E-state index in [0.29, 0.717) is 5.92 Å². The summed E-state index contributed by atoms with van der Waals surface area (Å²) in [4.78, 5) is 22.2. The molecule has 3 aromatic rings. The van der Waals surface area contributed by atoms with Gasteiger partial charge in [0.25, 0.3) is 0 Å². The van der Waals surface area contributed by atoms with Crippen molar-refractivity contribution in [1.29, 1.82) is 0 Å². The van der Waals surface area contributed by atoms with Crippen LogP contribution in [0.1, 0.15) is 24.6 Å². The van der Waals surface area contributed by atoms with E-state index in [-0.39, 0.29) is 6.03 Å². The molecule has 2 amide bonds. The van der Waals surface area contributed by atoms with E-state index in [9.17, 15) is 4.79 Å². The third kappa shape index (κ3) is 2.94. The smallest absolute Gasteiger partial charge is 0.322 e. The number of nitrogens with zero attached hydrogens (tertiary/aromatic N) is 2. The summed E-state index contributed by atoms with van der Waals surface area (Å²) in [5.74, 6) is 1.44. The van der Waals surface area contributed by atoms with Crippen LogP contribution in [0.15, 0.2) is 41.8 Å². The molecule has 0 radical (unpaired) electrons. The standard InChI is InChI=1S/C17H18N4OS/c22-17(20-15-6-3-11-23-15)21-9-7-12(8-10-21)16-18-13-4-1-2-5-14(13)19-16/h1-6,11-12H,7-10H2,(H,18,19)(H,20,22). The fourth-order valence-electron chi connectivity index (χ4n) is 3.06. The predicted molar refractivity (Wildman–Crippen MR) is 93.0 cm³/mol. The number of nitrogens with one attached hydrogen (secondary N) is 2. The maximum atomic E-state index is 12.2. The largest absolute Gasteiger partial charge is 0.342 e. The quantitative estimate of drug-likeness (QED) is 0.747. The number of rotatable bonds is 2. The number of amides is 2. The van der Waals surface area contributed by atoms with Crippen molar-refractivity contribution in [1.82, 2.24) is 14.9 Å². The Kier molecular flexibility index (Phi) is 3.75. The van der Waals surface area contributed by atoms with E-state index < -0.39 is 0 Å². The molecule has 1 fully saturated rings. The van der Waals surface area contributed by atoms with Crippen molar-refractivity contribution < 1.29 is 4.79 Å². The van der Waals surface area contributed by atoms with E-state index in [1.54, 1.807) is 11.3 Å². The first-order valence-electron chi connectivity index (χ1n) is 7.84. The van der Waals surface area contributed by atoms with Crippen molar-refractivity contribution in [2.75, 3.05) is 18.4 Å². The van der Waals surface area contributed by atoms with Crippen LogP contribution >= 0.6 is 11.3 Å². The number of hydrogen-bond donors (Lipinski definition) is 2. The number of para-hydroxylation sites is 2. The van der Waals surface area contributed by atoms with Gasteiger partial charge in [0.1, 0.15) is 5.82 Å². The molecule has 0 aliphatic carbocycles. The van der Waals surface area contributed by atoms with Gasteiger partial charge < -0.3 is 9.88 Å². The minimum atomic E-state index is -0.00416. The molecule has 1 aliphatic heterocycles. The first-order chi connectivity index (χ1) is 11.3. The molecule has 6 heteroatoms. The highest BCUT2D eigenvalue weighted by Gasteiger charge is 2.25. The molecule has 23 heavy (non-hydrogen) atoms. The van der Waals surface area contributed by atoms with Gasteiger partial charge in [-0.25, -0.2) is 9.78 Å². The number of fused-ring (bicyclic) bond motifs is 1. The molecular weight excluding hydrogens is 308 g/mol. The summed E-state index contributed by atoms with van der Waals surface area (Å²) in [7, 11) is 0. The topological polar surface area (TPSA) is 61.0 Å². The highest BCUT2D eigenvalue weighted by Crippen LogP contribution is 2.28.